The van der Waals surface area contributed by atoms with Gasteiger partial charge in [0.15, 0.2) is 0 Å². The monoisotopic (exact) mass is 237 g/mol. The Morgan fingerprint density at radius 2 is 2.00 bits per heavy atom. The van der Waals surface area contributed by atoms with Crippen molar-refractivity contribution < 1.29 is 18.7 Å². The van der Waals surface area contributed by atoms with Gasteiger partial charge in [-0.3, -0.25) is 4.79 Å². The summed E-state index contributed by atoms with van der Waals surface area (Å²) < 4.78 is 17.2. The van der Waals surface area contributed by atoms with Crippen LogP contribution in [0, 0.1) is 5.82 Å². The molecule has 0 aromatic heterocycles. The highest BCUT2D eigenvalue weighted by molar-refractivity contribution is 6.02. The Morgan fingerprint density at radius 1 is 1.41 bits per heavy atom. The average Bonchev–Trinajstić information content (AvgIpc) is 2.35. The second-order valence-electron chi connectivity index (χ2n) is 3.18. The Balaban J connectivity index is 2.95. The highest BCUT2D eigenvalue weighted by Gasteiger charge is 2.22. The van der Waals surface area contributed by atoms with E-state index in [1.54, 1.807) is 0 Å². The topological polar surface area (TPSA) is 46.6 Å². The number of benzene rings is 1. The molecule has 17 heavy (non-hydrogen) atoms. The Labute approximate surface area is 98.3 Å². The van der Waals surface area contributed by atoms with Crippen molar-refractivity contribution in [2.75, 3.05) is 13.7 Å². The zero-order valence-electron chi connectivity index (χ0n) is 9.35. The molecule has 0 radical (unpaired) electrons. The lowest BCUT2D eigenvalue weighted by atomic mass is 10.2. The number of carbonyl (C=O) groups excluding carboxylic acids is 2. The predicted molar refractivity (Wildman–Crippen MR) is 60.0 cm³/mol. The van der Waals surface area contributed by atoms with Gasteiger partial charge in [0.05, 0.1) is 13.7 Å². The van der Waals surface area contributed by atoms with Gasteiger partial charge < -0.3 is 4.74 Å². The van der Waals surface area contributed by atoms with Crippen LogP contribution in [-0.4, -0.2) is 30.6 Å². The third-order valence-corrected chi connectivity index (χ3v) is 2.04. The summed E-state index contributed by atoms with van der Waals surface area (Å²) >= 11 is 0. The third kappa shape index (κ3) is 3.14. The zero-order chi connectivity index (χ0) is 12.8. The maximum Gasteiger partial charge on any atom is 0.416 e. The van der Waals surface area contributed by atoms with Gasteiger partial charge in [0.1, 0.15) is 5.82 Å². The van der Waals surface area contributed by atoms with E-state index in [4.69, 9.17) is 0 Å². The van der Waals surface area contributed by atoms with E-state index in [0.29, 0.717) is 0 Å². The molecule has 0 aliphatic rings. The first-order valence-corrected chi connectivity index (χ1v) is 4.86. The number of ether oxygens (including phenoxy) is 1. The average molecular weight is 237 g/mol. The first kappa shape index (κ1) is 12.9. The van der Waals surface area contributed by atoms with E-state index in [2.05, 4.69) is 11.3 Å². The molecule has 1 aromatic carbocycles. The predicted octanol–water partition coefficient (Wildman–Crippen LogP) is 2.22. The van der Waals surface area contributed by atoms with Crippen LogP contribution in [0.5, 0.6) is 0 Å². The number of methoxy groups -OCH3 is 1. The molecular formula is C12H12FNO3. The van der Waals surface area contributed by atoms with Gasteiger partial charge in [-0.05, 0) is 24.3 Å². The highest BCUT2D eigenvalue weighted by atomic mass is 19.1. The van der Waals surface area contributed by atoms with Gasteiger partial charge in [0, 0.05) is 5.56 Å². The Morgan fingerprint density at radius 3 is 2.47 bits per heavy atom. The van der Waals surface area contributed by atoms with E-state index in [-0.39, 0.29) is 12.1 Å². The number of halogens is 1. The van der Waals surface area contributed by atoms with Crippen molar-refractivity contribution in [3.8, 4) is 0 Å². The molecule has 0 aliphatic heterocycles. The standard InChI is InChI=1S/C12H12FNO3/c1-3-8-14(12(16)17-2)11(15)9-4-6-10(13)7-5-9/h3-7H,1,8H2,2H3. The summed E-state index contributed by atoms with van der Waals surface area (Å²) in [5, 5.41) is 0. The van der Waals surface area contributed by atoms with Crippen molar-refractivity contribution in [2.45, 2.75) is 0 Å². The van der Waals surface area contributed by atoms with E-state index in [1.165, 1.54) is 25.3 Å². The lowest BCUT2D eigenvalue weighted by Crippen LogP contribution is -2.36. The highest BCUT2D eigenvalue weighted by Crippen LogP contribution is 2.08. The van der Waals surface area contributed by atoms with Crippen LogP contribution >= 0.6 is 0 Å². The molecule has 0 heterocycles. The molecule has 0 atom stereocenters. The SMILES string of the molecule is C=CCN(C(=O)OC)C(=O)c1ccc(F)cc1. The minimum absolute atomic E-state index is 0.0306. The van der Waals surface area contributed by atoms with Crippen molar-refractivity contribution in [2.24, 2.45) is 0 Å². The number of amides is 2. The number of hydrogen-bond donors (Lipinski definition) is 0. The molecule has 0 saturated carbocycles. The van der Waals surface area contributed by atoms with Gasteiger partial charge in [-0.2, -0.15) is 0 Å². The lowest BCUT2D eigenvalue weighted by molar-refractivity contribution is 0.0727. The number of carbonyl (C=O) groups is 2. The van der Waals surface area contributed by atoms with E-state index < -0.39 is 17.8 Å². The number of hydrogen-bond acceptors (Lipinski definition) is 3. The van der Waals surface area contributed by atoms with Crippen molar-refractivity contribution in [3.05, 3.63) is 48.3 Å². The Hall–Kier alpha value is -2.17. The summed E-state index contributed by atoms with van der Waals surface area (Å²) in [6.07, 6.45) is 0.623. The summed E-state index contributed by atoms with van der Waals surface area (Å²) in [4.78, 5) is 24.1. The van der Waals surface area contributed by atoms with Crippen LogP contribution < -0.4 is 0 Å². The van der Waals surface area contributed by atoms with E-state index in [9.17, 15) is 14.0 Å². The fourth-order valence-electron chi connectivity index (χ4n) is 1.23. The van der Waals surface area contributed by atoms with Crippen molar-refractivity contribution in [3.63, 3.8) is 0 Å². The minimum atomic E-state index is -0.778. The molecule has 90 valence electrons. The smallest absolute Gasteiger partial charge is 0.416 e. The molecule has 0 saturated heterocycles. The van der Waals surface area contributed by atoms with Gasteiger partial charge in [0.25, 0.3) is 5.91 Å². The van der Waals surface area contributed by atoms with Gasteiger partial charge >= 0.3 is 6.09 Å². The van der Waals surface area contributed by atoms with E-state index >= 15 is 0 Å². The lowest BCUT2D eigenvalue weighted by Gasteiger charge is -2.17. The van der Waals surface area contributed by atoms with Crippen LogP contribution in [0.15, 0.2) is 36.9 Å². The van der Waals surface area contributed by atoms with Crippen molar-refractivity contribution in [1.29, 1.82) is 0 Å². The van der Waals surface area contributed by atoms with Gasteiger partial charge in [0.2, 0.25) is 0 Å². The summed E-state index contributed by atoms with van der Waals surface area (Å²) in [6.45, 7) is 3.48. The fourth-order valence-corrected chi connectivity index (χ4v) is 1.23. The summed E-state index contributed by atoms with van der Waals surface area (Å²) in [6, 6.07) is 4.90. The second-order valence-corrected chi connectivity index (χ2v) is 3.18. The van der Waals surface area contributed by atoms with Gasteiger partial charge in [-0.25, -0.2) is 14.1 Å². The molecule has 5 heteroatoms. The molecule has 0 N–H and O–H groups in total. The minimum Gasteiger partial charge on any atom is -0.452 e. The maximum atomic E-state index is 12.7. The molecule has 0 aliphatic carbocycles. The van der Waals surface area contributed by atoms with E-state index in [1.807, 2.05) is 0 Å². The van der Waals surface area contributed by atoms with E-state index in [0.717, 1.165) is 17.0 Å². The first-order valence-electron chi connectivity index (χ1n) is 4.86. The molecule has 0 unspecified atom stereocenters. The zero-order valence-corrected chi connectivity index (χ0v) is 9.35. The fraction of sp³-hybridized carbons (Fsp3) is 0.167. The van der Waals surface area contributed by atoms with Crippen LogP contribution in [0.2, 0.25) is 0 Å². The Kier molecular flexibility index (Phi) is 4.39. The summed E-state index contributed by atoms with van der Waals surface area (Å²) in [7, 11) is 1.18. The molecular weight excluding hydrogens is 225 g/mol. The maximum absolute atomic E-state index is 12.7. The molecule has 0 bridgehead atoms. The van der Waals surface area contributed by atoms with Gasteiger partial charge in [-0.1, -0.05) is 6.08 Å². The normalized spacial score (nSPS) is 9.53. The second kappa shape index (κ2) is 5.79. The first-order chi connectivity index (χ1) is 8.10. The Bertz CT molecular complexity index is 428. The number of imide groups is 1. The molecule has 2 amide bonds. The van der Waals surface area contributed by atoms with Crippen molar-refractivity contribution in [1.82, 2.24) is 4.90 Å². The third-order valence-electron chi connectivity index (χ3n) is 2.04. The largest absolute Gasteiger partial charge is 0.452 e. The molecule has 1 aromatic rings. The molecule has 4 nitrogen and oxygen atoms in total. The number of rotatable bonds is 3. The summed E-state index contributed by atoms with van der Waals surface area (Å²) in [5.74, 6) is -1.01. The molecule has 1 rings (SSSR count). The van der Waals surface area contributed by atoms with Crippen LogP contribution in [-0.2, 0) is 4.74 Å². The van der Waals surface area contributed by atoms with Crippen LogP contribution in [0.3, 0.4) is 0 Å². The van der Waals surface area contributed by atoms with Crippen LogP contribution in [0.1, 0.15) is 10.4 Å². The quantitative estimate of drug-likeness (QED) is 0.757. The molecule has 0 spiro atoms. The summed E-state index contributed by atoms with van der Waals surface area (Å²) in [5.41, 5.74) is 0.207. The number of nitrogens with zero attached hydrogens (tertiary/aromatic N) is 1. The molecule has 0 fully saturated rings. The van der Waals surface area contributed by atoms with Crippen molar-refractivity contribution >= 4 is 12.0 Å². The van der Waals surface area contributed by atoms with Crippen LogP contribution in [0.4, 0.5) is 9.18 Å². The van der Waals surface area contributed by atoms with Gasteiger partial charge in [-0.15, -0.1) is 6.58 Å². The van der Waals surface area contributed by atoms with Crippen LogP contribution in [0.25, 0.3) is 0 Å².